The number of nitriles is 1. The second-order valence-corrected chi connectivity index (χ2v) is 13.3. The van der Waals surface area contributed by atoms with E-state index in [0.29, 0.717) is 11.3 Å². The zero-order chi connectivity index (χ0) is 34.5. The molecule has 2 heterocycles. The molecule has 0 bridgehead atoms. The number of hydrogen-bond acceptors (Lipinski definition) is 3. The maximum atomic E-state index is 9.77. The molecular weight excluding hydrogens is 637 g/mol. The van der Waals surface area contributed by atoms with Gasteiger partial charge in [0, 0.05) is 27.3 Å². The van der Waals surface area contributed by atoms with Gasteiger partial charge in [-0.3, -0.25) is 0 Å². The monoisotopic (exact) mass is 660 g/mol. The Balaban J connectivity index is 1.16. The van der Waals surface area contributed by atoms with E-state index < -0.39 is 0 Å². The van der Waals surface area contributed by atoms with Gasteiger partial charge in [0.1, 0.15) is 23.0 Å². The number of hydrogen-bond donors (Lipinski definition) is 0. The summed E-state index contributed by atoms with van der Waals surface area (Å²) in [5.74, 6) is 3.14. The van der Waals surface area contributed by atoms with E-state index in [4.69, 9.17) is 16.0 Å². The highest BCUT2D eigenvalue weighted by atomic mass is 16.5. The van der Waals surface area contributed by atoms with Gasteiger partial charge in [-0.05, 0) is 109 Å². The molecule has 238 valence electrons. The van der Waals surface area contributed by atoms with Crippen molar-refractivity contribution >= 4 is 48.8 Å². The zero-order valence-electron chi connectivity index (χ0n) is 27.6. The van der Waals surface area contributed by atoms with Crippen LogP contribution in [0.1, 0.15) is 5.56 Å². The smallest absolute Gasteiger partial charge is 0.188 e. The van der Waals surface area contributed by atoms with Gasteiger partial charge in [-0.15, -0.1) is 0 Å². The summed E-state index contributed by atoms with van der Waals surface area (Å²) in [4.78, 5) is 3.69. The average Bonchev–Trinajstić information content (AvgIpc) is 3.20. The van der Waals surface area contributed by atoms with Crippen LogP contribution < -0.4 is 9.47 Å². The Hall–Kier alpha value is -7.40. The minimum Gasteiger partial charge on any atom is -0.456 e. The molecule has 0 unspecified atom stereocenters. The lowest BCUT2D eigenvalue weighted by atomic mass is 9.83. The molecule has 0 spiro atoms. The second kappa shape index (κ2) is 10.6. The van der Waals surface area contributed by atoms with E-state index in [1.54, 1.807) is 0 Å². The van der Waals surface area contributed by atoms with Gasteiger partial charge < -0.3 is 9.47 Å². The molecule has 4 heteroatoms. The Morgan fingerprint density at radius 3 is 1.73 bits per heavy atom. The molecule has 0 fully saturated rings. The van der Waals surface area contributed by atoms with Crippen molar-refractivity contribution in [2.24, 2.45) is 0 Å². The first-order chi connectivity index (χ1) is 25.7. The molecule has 9 aromatic carbocycles. The largest absolute Gasteiger partial charge is 0.456 e. The van der Waals surface area contributed by atoms with Crippen LogP contribution in [0.4, 0.5) is 5.69 Å². The van der Waals surface area contributed by atoms with Crippen molar-refractivity contribution in [3.63, 3.8) is 0 Å². The predicted octanol–water partition coefficient (Wildman–Crippen LogP) is 13.6. The fourth-order valence-electron chi connectivity index (χ4n) is 8.52. The van der Waals surface area contributed by atoms with Crippen molar-refractivity contribution in [3.05, 3.63) is 163 Å². The van der Waals surface area contributed by atoms with Crippen molar-refractivity contribution in [2.45, 2.75) is 0 Å². The minimum atomic E-state index is 0.591. The number of nitrogens with zero attached hydrogens (tertiary/aromatic N) is 2. The SMILES string of the molecule is [C-]#[N+]c1ccc2c(c1)-c1cccc3c(-c4c5ccccc5c(-c5ccc6c(c5)Oc5ccc(C#N)c7cccc-6c57)c5ccccc45)ccc(c13)O2. The number of benzene rings is 9. The van der Waals surface area contributed by atoms with Crippen molar-refractivity contribution in [2.75, 3.05) is 0 Å². The fourth-order valence-corrected chi connectivity index (χ4v) is 8.52. The molecular formula is C48H24N2O2. The molecule has 4 nitrogen and oxygen atoms in total. The van der Waals surface area contributed by atoms with Gasteiger partial charge in [-0.25, -0.2) is 4.85 Å². The molecule has 0 aromatic heterocycles. The van der Waals surface area contributed by atoms with Crippen LogP contribution >= 0.6 is 0 Å². The van der Waals surface area contributed by atoms with Gasteiger partial charge in [0.15, 0.2) is 5.69 Å². The Morgan fingerprint density at radius 2 is 1.02 bits per heavy atom. The summed E-state index contributed by atoms with van der Waals surface area (Å²) >= 11 is 0. The lowest BCUT2D eigenvalue weighted by molar-refractivity contribution is 0.487. The highest BCUT2D eigenvalue weighted by Gasteiger charge is 2.26. The summed E-state index contributed by atoms with van der Waals surface area (Å²) in [7, 11) is 0. The molecule has 0 amide bonds. The van der Waals surface area contributed by atoms with Crippen LogP contribution in [-0.2, 0) is 0 Å². The number of rotatable bonds is 2. The molecule has 52 heavy (non-hydrogen) atoms. The van der Waals surface area contributed by atoms with Crippen molar-refractivity contribution < 1.29 is 9.47 Å². The van der Waals surface area contributed by atoms with Crippen LogP contribution in [0.25, 0.3) is 92.4 Å². The van der Waals surface area contributed by atoms with Crippen LogP contribution in [0, 0.1) is 17.9 Å². The van der Waals surface area contributed by atoms with E-state index in [1.807, 2.05) is 42.5 Å². The Bertz CT molecular complexity index is 3110. The first kappa shape index (κ1) is 28.4. The second-order valence-electron chi connectivity index (χ2n) is 13.3. The predicted molar refractivity (Wildman–Crippen MR) is 209 cm³/mol. The molecule has 0 aliphatic carbocycles. The van der Waals surface area contributed by atoms with Gasteiger partial charge in [0.25, 0.3) is 0 Å². The van der Waals surface area contributed by atoms with Gasteiger partial charge in [-0.1, -0.05) is 97.1 Å². The van der Waals surface area contributed by atoms with Gasteiger partial charge in [0.05, 0.1) is 18.2 Å². The zero-order valence-corrected chi connectivity index (χ0v) is 27.6. The Kier molecular flexibility index (Phi) is 5.77. The lowest BCUT2D eigenvalue weighted by Crippen LogP contribution is -1.99. The number of ether oxygens (including phenoxy) is 2. The van der Waals surface area contributed by atoms with Crippen molar-refractivity contribution in [1.29, 1.82) is 5.26 Å². The van der Waals surface area contributed by atoms with E-state index in [-0.39, 0.29) is 0 Å². The molecule has 0 radical (unpaired) electrons. The molecule has 2 aliphatic rings. The number of fused-ring (bicyclic) bond motifs is 6. The third-order valence-corrected chi connectivity index (χ3v) is 10.7. The molecule has 11 rings (SSSR count). The van der Waals surface area contributed by atoms with Gasteiger partial charge >= 0.3 is 0 Å². The summed E-state index contributed by atoms with van der Waals surface area (Å²) in [5.41, 5.74) is 9.84. The maximum absolute atomic E-state index is 9.77. The third kappa shape index (κ3) is 3.84. The van der Waals surface area contributed by atoms with Crippen LogP contribution in [-0.4, -0.2) is 0 Å². The van der Waals surface area contributed by atoms with E-state index in [1.165, 1.54) is 5.56 Å². The van der Waals surface area contributed by atoms with E-state index in [9.17, 15) is 5.26 Å². The Labute approximate surface area is 298 Å². The first-order valence-electron chi connectivity index (χ1n) is 17.2. The summed E-state index contributed by atoms with van der Waals surface area (Å²) in [6, 6.07) is 52.4. The Morgan fingerprint density at radius 1 is 0.442 bits per heavy atom. The summed E-state index contributed by atoms with van der Waals surface area (Å²) in [5, 5.41) is 18.4. The van der Waals surface area contributed by atoms with Crippen LogP contribution in [0.5, 0.6) is 23.0 Å². The van der Waals surface area contributed by atoms with E-state index in [2.05, 4.69) is 114 Å². The van der Waals surface area contributed by atoms with Crippen molar-refractivity contribution in [1.82, 2.24) is 0 Å². The molecule has 2 aliphatic heterocycles. The quantitative estimate of drug-likeness (QED) is 0.137. The fraction of sp³-hybridized carbons (Fsp3) is 0. The molecule has 0 saturated carbocycles. The summed E-state index contributed by atoms with van der Waals surface area (Å²) < 4.78 is 13.1. The van der Waals surface area contributed by atoms with Crippen LogP contribution in [0.2, 0.25) is 0 Å². The van der Waals surface area contributed by atoms with E-state index in [0.717, 1.165) is 105 Å². The van der Waals surface area contributed by atoms with Crippen LogP contribution in [0.3, 0.4) is 0 Å². The van der Waals surface area contributed by atoms with E-state index >= 15 is 0 Å². The molecule has 9 aromatic rings. The minimum absolute atomic E-state index is 0.591. The normalized spacial score (nSPS) is 12.1. The highest BCUT2D eigenvalue weighted by Crippen LogP contribution is 2.53. The molecule has 0 atom stereocenters. The van der Waals surface area contributed by atoms with Crippen LogP contribution in [0.15, 0.2) is 146 Å². The standard InChI is InChI=1S/C48H24N2O2/c1-50-29-18-22-41-40(25-29)38-15-7-14-37-39(20-23-43(51-41)48(37)38)46-35-10-4-2-8-33(35)45(34-9-3-5-11-36(34)46)27-16-19-31-32-13-6-12-30-28(26-49)17-21-42(47(30)32)52-44(31)24-27/h2-25H. The molecule has 0 N–H and O–H groups in total. The molecule has 0 saturated heterocycles. The average molecular weight is 661 g/mol. The third-order valence-electron chi connectivity index (χ3n) is 10.7. The van der Waals surface area contributed by atoms with Crippen molar-refractivity contribution in [3.8, 4) is 73.6 Å². The maximum Gasteiger partial charge on any atom is 0.188 e. The highest BCUT2D eigenvalue weighted by molar-refractivity contribution is 6.25. The summed E-state index contributed by atoms with van der Waals surface area (Å²) in [6.45, 7) is 7.61. The summed E-state index contributed by atoms with van der Waals surface area (Å²) in [6.07, 6.45) is 0. The lowest BCUT2D eigenvalue weighted by Gasteiger charge is -2.24. The first-order valence-corrected chi connectivity index (χ1v) is 17.2. The topological polar surface area (TPSA) is 46.6 Å². The van der Waals surface area contributed by atoms with Gasteiger partial charge in [0.2, 0.25) is 0 Å². The van der Waals surface area contributed by atoms with Gasteiger partial charge in [-0.2, -0.15) is 5.26 Å².